The Bertz CT molecular complexity index is 1390. The standard InChI is InChI=1S/C27H34FN7/c1-16(2)22-23-21(32-25(22)20-14-35-26(30-15-31-35)18(4)17(20)3)12-29-27(24(23)28)34-10-8-33(9-11-34)13-19-6-5-7-19/h12,14-16,19,32H,5-11,13H2,1-4H3. The number of halogens is 1. The molecule has 2 aliphatic rings. The minimum Gasteiger partial charge on any atom is -0.353 e. The summed E-state index contributed by atoms with van der Waals surface area (Å²) in [4.78, 5) is 17.2. The lowest BCUT2D eigenvalue weighted by atomic mass is 9.85. The van der Waals surface area contributed by atoms with Gasteiger partial charge in [-0.25, -0.2) is 18.9 Å². The van der Waals surface area contributed by atoms with Gasteiger partial charge in [0, 0.05) is 49.9 Å². The molecular formula is C27H34FN7. The van der Waals surface area contributed by atoms with Gasteiger partial charge in [-0.3, -0.25) is 4.90 Å². The molecule has 1 saturated heterocycles. The van der Waals surface area contributed by atoms with E-state index in [1.807, 2.05) is 6.20 Å². The lowest BCUT2D eigenvalue weighted by molar-refractivity contribution is 0.170. The predicted octanol–water partition coefficient (Wildman–Crippen LogP) is 5.07. The predicted molar refractivity (Wildman–Crippen MR) is 138 cm³/mol. The van der Waals surface area contributed by atoms with Crippen molar-refractivity contribution < 1.29 is 4.39 Å². The summed E-state index contributed by atoms with van der Waals surface area (Å²) in [6.45, 7) is 13.2. The van der Waals surface area contributed by atoms with Crippen molar-refractivity contribution in [1.29, 1.82) is 0 Å². The maximum atomic E-state index is 16.2. The van der Waals surface area contributed by atoms with Gasteiger partial charge >= 0.3 is 0 Å². The Kier molecular flexibility index (Phi) is 5.51. The van der Waals surface area contributed by atoms with E-state index in [9.17, 15) is 0 Å². The Hall–Kier alpha value is -3.00. The molecule has 8 heteroatoms. The maximum absolute atomic E-state index is 16.2. The van der Waals surface area contributed by atoms with Crippen molar-refractivity contribution in [2.45, 2.75) is 52.9 Å². The molecule has 7 nitrogen and oxygen atoms in total. The average Bonchev–Trinajstić information content (AvgIpc) is 3.45. The first kappa shape index (κ1) is 22.5. The van der Waals surface area contributed by atoms with Crippen LogP contribution in [0.25, 0.3) is 27.8 Å². The third-order valence-electron chi connectivity index (χ3n) is 8.19. The molecule has 1 N–H and O–H groups in total. The minimum atomic E-state index is -0.211. The van der Waals surface area contributed by atoms with Crippen molar-refractivity contribution in [2.24, 2.45) is 5.92 Å². The quantitative estimate of drug-likeness (QED) is 0.436. The van der Waals surface area contributed by atoms with E-state index >= 15 is 4.39 Å². The van der Waals surface area contributed by atoms with Crippen LogP contribution in [0.5, 0.6) is 0 Å². The summed E-state index contributed by atoms with van der Waals surface area (Å²) >= 11 is 0. The van der Waals surface area contributed by atoms with Crippen LogP contribution < -0.4 is 4.90 Å². The molecular weight excluding hydrogens is 441 g/mol. The van der Waals surface area contributed by atoms with E-state index in [0.717, 1.165) is 71.2 Å². The monoisotopic (exact) mass is 475 g/mol. The molecule has 0 radical (unpaired) electrons. The van der Waals surface area contributed by atoms with Gasteiger partial charge in [-0.2, -0.15) is 5.10 Å². The van der Waals surface area contributed by atoms with Crippen LogP contribution in [-0.4, -0.2) is 62.2 Å². The van der Waals surface area contributed by atoms with Gasteiger partial charge in [-0.15, -0.1) is 0 Å². The van der Waals surface area contributed by atoms with E-state index in [4.69, 9.17) is 0 Å². The van der Waals surface area contributed by atoms with Crippen LogP contribution in [0.4, 0.5) is 10.2 Å². The SMILES string of the molecule is Cc1c(-c2[nH]c3cnc(N4CCN(CC5CCC5)CC4)c(F)c3c2C(C)C)cn2ncnc2c1C. The number of pyridine rings is 2. The molecule has 1 saturated carbocycles. The van der Waals surface area contributed by atoms with E-state index in [1.54, 1.807) is 17.0 Å². The van der Waals surface area contributed by atoms with Gasteiger partial charge in [0.05, 0.1) is 17.4 Å². The van der Waals surface area contributed by atoms with E-state index in [1.165, 1.54) is 25.8 Å². The van der Waals surface area contributed by atoms with Crippen molar-refractivity contribution >= 4 is 22.4 Å². The number of hydrogen-bond donors (Lipinski definition) is 1. The van der Waals surface area contributed by atoms with Gasteiger partial charge in [-0.1, -0.05) is 20.3 Å². The van der Waals surface area contributed by atoms with E-state index in [2.05, 4.69) is 57.5 Å². The summed E-state index contributed by atoms with van der Waals surface area (Å²) in [5.41, 5.74) is 6.74. The summed E-state index contributed by atoms with van der Waals surface area (Å²) in [5, 5.41) is 5.02. The van der Waals surface area contributed by atoms with Gasteiger partial charge in [0.2, 0.25) is 0 Å². The number of fused-ring (bicyclic) bond motifs is 2. The number of rotatable bonds is 5. The molecule has 5 heterocycles. The first-order valence-electron chi connectivity index (χ1n) is 12.9. The van der Waals surface area contributed by atoms with Crippen LogP contribution in [0.3, 0.4) is 0 Å². The van der Waals surface area contributed by atoms with Gasteiger partial charge in [0.1, 0.15) is 6.33 Å². The largest absolute Gasteiger partial charge is 0.353 e. The summed E-state index contributed by atoms with van der Waals surface area (Å²) in [6.07, 6.45) is 9.48. The Labute approximate surface area is 205 Å². The first-order valence-corrected chi connectivity index (χ1v) is 12.9. The van der Waals surface area contributed by atoms with Crippen molar-refractivity contribution in [1.82, 2.24) is 29.5 Å². The van der Waals surface area contributed by atoms with Crippen LogP contribution in [-0.2, 0) is 0 Å². The van der Waals surface area contributed by atoms with Crippen molar-refractivity contribution in [3.05, 3.63) is 41.2 Å². The highest BCUT2D eigenvalue weighted by Crippen LogP contribution is 2.40. The first-order chi connectivity index (χ1) is 16.9. The summed E-state index contributed by atoms with van der Waals surface area (Å²) in [5.74, 6) is 1.27. The van der Waals surface area contributed by atoms with Crippen molar-refractivity contribution in [2.75, 3.05) is 37.6 Å². The van der Waals surface area contributed by atoms with Crippen LogP contribution >= 0.6 is 0 Å². The van der Waals surface area contributed by atoms with Crippen LogP contribution in [0.1, 0.15) is 55.7 Å². The number of nitrogens with zero attached hydrogens (tertiary/aromatic N) is 6. The average molecular weight is 476 g/mol. The Balaban J connectivity index is 1.39. The molecule has 1 aliphatic heterocycles. The van der Waals surface area contributed by atoms with E-state index in [-0.39, 0.29) is 11.7 Å². The minimum absolute atomic E-state index is 0.133. The second kappa shape index (κ2) is 8.59. The normalized spacial score (nSPS) is 17.7. The molecule has 0 amide bonds. The fraction of sp³-hybridized carbons (Fsp3) is 0.519. The lowest BCUT2D eigenvalue weighted by Gasteiger charge is -2.39. The molecule has 0 bridgehead atoms. The number of aromatic amines is 1. The van der Waals surface area contributed by atoms with Crippen LogP contribution in [0.2, 0.25) is 0 Å². The molecule has 0 unspecified atom stereocenters. The van der Waals surface area contributed by atoms with Crippen molar-refractivity contribution in [3.8, 4) is 11.3 Å². The molecule has 2 fully saturated rings. The smallest absolute Gasteiger partial charge is 0.175 e. The van der Waals surface area contributed by atoms with Gasteiger partial charge in [0.15, 0.2) is 17.3 Å². The molecule has 0 spiro atoms. The van der Waals surface area contributed by atoms with Crippen molar-refractivity contribution in [3.63, 3.8) is 0 Å². The molecule has 35 heavy (non-hydrogen) atoms. The highest BCUT2D eigenvalue weighted by molar-refractivity contribution is 5.94. The third kappa shape index (κ3) is 3.69. The number of hydrogen-bond acceptors (Lipinski definition) is 5. The highest BCUT2D eigenvalue weighted by atomic mass is 19.1. The summed E-state index contributed by atoms with van der Waals surface area (Å²) in [6, 6.07) is 0. The molecule has 1 aliphatic carbocycles. The summed E-state index contributed by atoms with van der Waals surface area (Å²) in [7, 11) is 0. The number of aromatic nitrogens is 5. The third-order valence-corrected chi connectivity index (χ3v) is 8.19. The summed E-state index contributed by atoms with van der Waals surface area (Å²) < 4.78 is 18.0. The van der Waals surface area contributed by atoms with E-state index < -0.39 is 0 Å². The van der Waals surface area contributed by atoms with Crippen LogP contribution in [0.15, 0.2) is 18.7 Å². The molecule has 4 aromatic rings. The highest BCUT2D eigenvalue weighted by Gasteiger charge is 2.28. The molecule has 184 valence electrons. The molecule has 6 rings (SSSR count). The number of piperazine rings is 1. The number of H-pyrrole nitrogens is 1. The zero-order valence-corrected chi connectivity index (χ0v) is 21.1. The Morgan fingerprint density at radius 1 is 1.09 bits per heavy atom. The number of aryl methyl sites for hydroxylation is 1. The second-order valence-electron chi connectivity index (χ2n) is 10.7. The van der Waals surface area contributed by atoms with Gasteiger partial charge < -0.3 is 9.88 Å². The zero-order valence-electron chi connectivity index (χ0n) is 21.1. The second-order valence-corrected chi connectivity index (χ2v) is 10.7. The van der Waals surface area contributed by atoms with E-state index in [0.29, 0.717) is 11.2 Å². The fourth-order valence-electron chi connectivity index (χ4n) is 5.81. The Morgan fingerprint density at radius 2 is 1.86 bits per heavy atom. The lowest BCUT2D eigenvalue weighted by Crippen LogP contribution is -2.48. The Morgan fingerprint density at radius 3 is 2.54 bits per heavy atom. The van der Waals surface area contributed by atoms with Crippen LogP contribution in [0, 0.1) is 25.6 Å². The molecule has 4 aromatic heterocycles. The topological polar surface area (TPSA) is 65.4 Å². The number of anilines is 1. The maximum Gasteiger partial charge on any atom is 0.175 e. The molecule has 0 aromatic carbocycles. The fourth-order valence-corrected chi connectivity index (χ4v) is 5.81. The number of nitrogens with one attached hydrogen (secondary N) is 1. The van der Waals surface area contributed by atoms with Gasteiger partial charge in [0.25, 0.3) is 0 Å². The molecule has 0 atom stereocenters. The van der Waals surface area contributed by atoms with Gasteiger partial charge in [-0.05, 0) is 55.2 Å². The zero-order chi connectivity index (χ0) is 24.3.